The molecule has 0 aliphatic carbocycles. The van der Waals surface area contributed by atoms with Crippen molar-refractivity contribution >= 4 is 39.1 Å². The zero-order chi connectivity index (χ0) is 10.8. The monoisotopic (exact) mass is 300 g/mol. The molecule has 0 spiro atoms. The molecule has 76 valence electrons. The molecule has 0 aliphatic rings. The second-order valence-corrected chi connectivity index (χ2v) is 4.78. The minimum Gasteiger partial charge on any atom is -0.0836 e. The Hall–Kier alpha value is -0.500. The lowest BCUT2D eigenvalue weighted by Gasteiger charge is -2.06. The summed E-state index contributed by atoms with van der Waals surface area (Å²) in [5.41, 5.74) is 2.02. The summed E-state index contributed by atoms with van der Waals surface area (Å²) in [5.74, 6) is 0. The van der Waals surface area contributed by atoms with Crippen LogP contribution >= 0.6 is 39.1 Å². The highest BCUT2D eigenvalue weighted by molar-refractivity contribution is 9.10. The summed E-state index contributed by atoms with van der Waals surface area (Å²) in [7, 11) is 0. The van der Waals surface area contributed by atoms with Crippen LogP contribution in [-0.4, -0.2) is 0 Å². The molecule has 0 amide bonds. The Morgan fingerprint density at radius 1 is 0.867 bits per heavy atom. The van der Waals surface area contributed by atoms with Crippen molar-refractivity contribution in [2.45, 2.75) is 0 Å². The molecule has 2 rings (SSSR count). The van der Waals surface area contributed by atoms with Crippen molar-refractivity contribution < 1.29 is 0 Å². The standard InChI is InChI=1S/C12H7BrCl2/c13-10-7-11(14)9(6-12(10)15)8-4-2-1-3-5-8/h1-7H. The number of hydrogen-bond donors (Lipinski definition) is 0. The Morgan fingerprint density at radius 3 is 2.20 bits per heavy atom. The van der Waals surface area contributed by atoms with Gasteiger partial charge in [0.05, 0.1) is 5.02 Å². The van der Waals surface area contributed by atoms with E-state index in [0.717, 1.165) is 15.6 Å². The van der Waals surface area contributed by atoms with E-state index in [9.17, 15) is 0 Å². The lowest BCUT2D eigenvalue weighted by atomic mass is 10.1. The highest BCUT2D eigenvalue weighted by Gasteiger charge is 2.06. The summed E-state index contributed by atoms with van der Waals surface area (Å²) >= 11 is 15.5. The molecule has 0 heterocycles. The van der Waals surface area contributed by atoms with Crippen LogP contribution in [0.4, 0.5) is 0 Å². The van der Waals surface area contributed by atoms with E-state index >= 15 is 0 Å². The molecule has 2 aromatic carbocycles. The lowest BCUT2D eigenvalue weighted by molar-refractivity contribution is 1.59. The fourth-order valence-electron chi connectivity index (χ4n) is 1.36. The SMILES string of the molecule is Clc1cc(-c2ccccc2)c(Cl)cc1Br. The van der Waals surface area contributed by atoms with E-state index in [0.29, 0.717) is 10.0 Å². The van der Waals surface area contributed by atoms with Crippen LogP contribution in [0.5, 0.6) is 0 Å². The molecule has 0 nitrogen and oxygen atoms in total. The van der Waals surface area contributed by atoms with Crippen LogP contribution in [0.3, 0.4) is 0 Å². The number of hydrogen-bond acceptors (Lipinski definition) is 0. The first kappa shape index (κ1) is 11.0. The van der Waals surface area contributed by atoms with Gasteiger partial charge in [0.1, 0.15) is 0 Å². The smallest absolute Gasteiger partial charge is 0.0555 e. The largest absolute Gasteiger partial charge is 0.0836 e. The van der Waals surface area contributed by atoms with Gasteiger partial charge in [-0.1, -0.05) is 53.5 Å². The maximum absolute atomic E-state index is 6.15. The Kier molecular flexibility index (Phi) is 3.35. The van der Waals surface area contributed by atoms with Crippen LogP contribution in [0.15, 0.2) is 46.9 Å². The van der Waals surface area contributed by atoms with E-state index < -0.39 is 0 Å². The molecule has 0 fully saturated rings. The predicted molar refractivity (Wildman–Crippen MR) is 69.6 cm³/mol. The minimum absolute atomic E-state index is 0.665. The molecule has 0 unspecified atom stereocenters. The fraction of sp³-hybridized carbons (Fsp3) is 0. The molecule has 15 heavy (non-hydrogen) atoms. The Bertz CT molecular complexity index is 480. The summed E-state index contributed by atoms with van der Waals surface area (Å²) < 4.78 is 0.814. The van der Waals surface area contributed by atoms with E-state index in [-0.39, 0.29) is 0 Å². The van der Waals surface area contributed by atoms with Gasteiger partial charge in [0.15, 0.2) is 0 Å². The van der Waals surface area contributed by atoms with Gasteiger partial charge in [-0.2, -0.15) is 0 Å². The first-order valence-corrected chi connectivity index (χ1v) is 5.93. The van der Waals surface area contributed by atoms with Gasteiger partial charge < -0.3 is 0 Å². The molecule has 2 aromatic rings. The second kappa shape index (κ2) is 4.56. The van der Waals surface area contributed by atoms with Crippen molar-refractivity contribution in [2.24, 2.45) is 0 Å². The van der Waals surface area contributed by atoms with Gasteiger partial charge in [-0.15, -0.1) is 0 Å². The Balaban J connectivity index is 2.59. The molecular weight excluding hydrogens is 295 g/mol. The van der Waals surface area contributed by atoms with Crippen molar-refractivity contribution in [3.8, 4) is 11.1 Å². The average molecular weight is 302 g/mol. The van der Waals surface area contributed by atoms with Gasteiger partial charge >= 0.3 is 0 Å². The molecule has 0 saturated heterocycles. The third kappa shape index (κ3) is 2.36. The third-order valence-electron chi connectivity index (χ3n) is 2.09. The number of benzene rings is 2. The van der Waals surface area contributed by atoms with Crippen LogP contribution in [0, 0.1) is 0 Å². The molecular formula is C12H7BrCl2. The molecule has 0 radical (unpaired) electrons. The topological polar surface area (TPSA) is 0 Å². The van der Waals surface area contributed by atoms with E-state index in [1.165, 1.54) is 0 Å². The van der Waals surface area contributed by atoms with Gasteiger partial charge in [0.25, 0.3) is 0 Å². The van der Waals surface area contributed by atoms with Crippen LogP contribution in [0.2, 0.25) is 10.0 Å². The second-order valence-electron chi connectivity index (χ2n) is 3.11. The van der Waals surface area contributed by atoms with E-state index in [2.05, 4.69) is 15.9 Å². The molecule has 0 atom stereocenters. The van der Waals surface area contributed by atoms with Gasteiger partial charge in [0.2, 0.25) is 0 Å². The summed E-state index contributed by atoms with van der Waals surface area (Å²) in [6.45, 7) is 0. The normalized spacial score (nSPS) is 10.3. The maximum Gasteiger partial charge on any atom is 0.0555 e. The van der Waals surface area contributed by atoms with Gasteiger partial charge in [0, 0.05) is 15.1 Å². The van der Waals surface area contributed by atoms with Gasteiger partial charge in [-0.3, -0.25) is 0 Å². The molecule has 3 heteroatoms. The van der Waals surface area contributed by atoms with Crippen molar-refractivity contribution in [3.63, 3.8) is 0 Å². The van der Waals surface area contributed by atoms with Gasteiger partial charge in [-0.05, 0) is 33.6 Å². The van der Waals surface area contributed by atoms with Crippen molar-refractivity contribution in [3.05, 3.63) is 57.0 Å². The van der Waals surface area contributed by atoms with Crippen LogP contribution < -0.4 is 0 Å². The predicted octanol–water partition coefficient (Wildman–Crippen LogP) is 5.42. The Labute approximate surface area is 107 Å². The quantitative estimate of drug-likeness (QED) is 0.617. The summed E-state index contributed by atoms with van der Waals surface area (Å²) in [4.78, 5) is 0. The molecule has 0 aromatic heterocycles. The summed E-state index contributed by atoms with van der Waals surface area (Å²) in [6.07, 6.45) is 0. The fourth-order valence-corrected chi connectivity index (χ4v) is 2.27. The molecule has 0 aliphatic heterocycles. The zero-order valence-electron chi connectivity index (χ0n) is 7.68. The summed E-state index contributed by atoms with van der Waals surface area (Å²) in [6, 6.07) is 13.6. The Morgan fingerprint density at radius 2 is 1.53 bits per heavy atom. The number of rotatable bonds is 1. The van der Waals surface area contributed by atoms with Gasteiger partial charge in [-0.25, -0.2) is 0 Å². The zero-order valence-corrected chi connectivity index (χ0v) is 10.8. The molecule has 0 bridgehead atoms. The first-order chi connectivity index (χ1) is 7.18. The maximum atomic E-state index is 6.15. The van der Waals surface area contributed by atoms with Crippen LogP contribution in [0.1, 0.15) is 0 Å². The molecule has 0 N–H and O–H groups in total. The highest BCUT2D eigenvalue weighted by Crippen LogP contribution is 2.35. The van der Waals surface area contributed by atoms with E-state index in [1.54, 1.807) is 0 Å². The van der Waals surface area contributed by atoms with E-state index in [4.69, 9.17) is 23.2 Å². The minimum atomic E-state index is 0.665. The van der Waals surface area contributed by atoms with E-state index in [1.807, 2.05) is 42.5 Å². The van der Waals surface area contributed by atoms with Crippen LogP contribution in [-0.2, 0) is 0 Å². The third-order valence-corrected chi connectivity index (χ3v) is 3.60. The van der Waals surface area contributed by atoms with Crippen molar-refractivity contribution in [2.75, 3.05) is 0 Å². The van der Waals surface area contributed by atoms with Crippen molar-refractivity contribution in [1.29, 1.82) is 0 Å². The lowest BCUT2D eigenvalue weighted by Crippen LogP contribution is -1.80. The first-order valence-electron chi connectivity index (χ1n) is 4.38. The van der Waals surface area contributed by atoms with Crippen LogP contribution in [0.25, 0.3) is 11.1 Å². The molecule has 0 saturated carbocycles. The highest BCUT2D eigenvalue weighted by atomic mass is 79.9. The van der Waals surface area contributed by atoms with Crippen molar-refractivity contribution in [1.82, 2.24) is 0 Å². The number of halogens is 3. The average Bonchev–Trinajstić information content (AvgIpc) is 2.25. The summed E-state index contributed by atoms with van der Waals surface area (Å²) in [5, 5.41) is 1.36.